The van der Waals surface area contributed by atoms with Crippen LogP contribution in [-0.2, 0) is 11.1 Å². The summed E-state index contributed by atoms with van der Waals surface area (Å²) in [5, 5.41) is 1.12. The Morgan fingerprint density at radius 3 is 3.00 bits per heavy atom. The molecule has 0 aliphatic heterocycles. The fraction of sp³-hybridized carbons (Fsp3) is 0.357. The summed E-state index contributed by atoms with van der Waals surface area (Å²) >= 11 is 2.22. The van der Waals surface area contributed by atoms with Crippen LogP contribution < -0.4 is 0 Å². The van der Waals surface area contributed by atoms with Crippen molar-refractivity contribution < 1.29 is 9.32 Å². The van der Waals surface area contributed by atoms with Crippen molar-refractivity contribution in [2.45, 2.75) is 26.3 Å². The van der Waals surface area contributed by atoms with E-state index in [1.54, 1.807) is 0 Å². The second-order valence-corrected chi connectivity index (χ2v) is 6.15. The molecule has 19 heavy (non-hydrogen) atoms. The van der Waals surface area contributed by atoms with E-state index in [4.69, 9.17) is 4.52 Å². The summed E-state index contributed by atoms with van der Waals surface area (Å²) in [5.74, 6) is 0.228. The van der Waals surface area contributed by atoms with E-state index in [2.05, 4.69) is 38.9 Å². The molecule has 0 aliphatic rings. The fourth-order valence-electron chi connectivity index (χ4n) is 2.12. The zero-order valence-corrected chi connectivity index (χ0v) is 14.0. The van der Waals surface area contributed by atoms with Gasteiger partial charge in [-0.3, -0.25) is 4.79 Å². The minimum Gasteiger partial charge on any atom is -0.350 e. The van der Waals surface area contributed by atoms with E-state index >= 15 is 0 Å². The lowest BCUT2D eigenvalue weighted by Gasteiger charge is -2.05. The molecule has 0 spiro atoms. The van der Waals surface area contributed by atoms with Crippen molar-refractivity contribution in [3.63, 3.8) is 0 Å². The maximum Gasteiger partial charge on any atom is 0.162 e. The van der Waals surface area contributed by atoms with E-state index in [0.717, 1.165) is 36.0 Å². The van der Waals surface area contributed by atoms with Crippen LogP contribution in [0.2, 0.25) is 0 Å². The van der Waals surface area contributed by atoms with Gasteiger partial charge in [-0.2, -0.15) is 0 Å². The smallest absolute Gasteiger partial charge is 0.162 e. The van der Waals surface area contributed by atoms with Gasteiger partial charge < -0.3 is 9.09 Å². The van der Waals surface area contributed by atoms with E-state index in [9.17, 15) is 4.79 Å². The molecule has 1 aromatic heterocycles. The monoisotopic (exact) mass is 389 g/mol. The lowest BCUT2D eigenvalue weighted by molar-refractivity contribution is 0.0982. The molecule has 1 unspecified atom stereocenters. The summed E-state index contributed by atoms with van der Waals surface area (Å²) < 4.78 is 7.56. The molecule has 0 radical (unpaired) electrons. The van der Waals surface area contributed by atoms with Crippen LogP contribution in [-0.4, -0.2) is 17.0 Å². The van der Waals surface area contributed by atoms with Crippen LogP contribution in [0.15, 0.2) is 30.5 Å². The van der Waals surface area contributed by atoms with E-state index in [-0.39, 0.29) is 5.78 Å². The summed E-state index contributed by atoms with van der Waals surface area (Å²) in [7, 11) is 0. The number of rotatable bonds is 7. The predicted octanol–water partition coefficient (Wildman–Crippen LogP) is 4.58. The number of hydrogen-bond acceptors (Lipinski definition) is 2. The maximum absolute atomic E-state index is 11.9. The fourth-order valence-corrected chi connectivity index (χ4v) is 2.95. The number of carbonyl (C=O) groups is 1. The number of hydrogen-bond donors (Lipinski definition) is 0. The summed E-state index contributed by atoms with van der Waals surface area (Å²) in [6.45, 7) is 4.10. The standard InChI is InChI=1S/C14H17INO2P/c1-2-3-14(17)12-4-5-13-11(10-12)6-7-16(13)8-9-18-19-15/h4-7,10,19H,2-3,8-9H2,1H3. The average Bonchev–Trinajstić information content (AvgIpc) is 2.82. The highest BCUT2D eigenvalue weighted by Crippen LogP contribution is 2.22. The Labute approximate surface area is 128 Å². The molecule has 2 rings (SSSR count). The molecular formula is C14H17INO2P. The third-order valence-corrected chi connectivity index (χ3v) is 4.31. The van der Waals surface area contributed by atoms with Crippen molar-refractivity contribution in [1.82, 2.24) is 4.57 Å². The van der Waals surface area contributed by atoms with Gasteiger partial charge in [0.15, 0.2) is 5.78 Å². The van der Waals surface area contributed by atoms with E-state index in [1.165, 1.54) is 0 Å². The summed E-state index contributed by atoms with van der Waals surface area (Å²) in [5.41, 5.74) is 1.98. The van der Waals surface area contributed by atoms with Gasteiger partial charge in [0, 0.05) is 35.6 Å². The predicted molar refractivity (Wildman–Crippen MR) is 89.5 cm³/mol. The molecule has 3 nitrogen and oxygen atoms in total. The number of halogens is 1. The molecule has 1 atom stereocenters. The minimum atomic E-state index is 0.228. The van der Waals surface area contributed by atoms with Gasteiger partial charge in [0.1, 0.15) is 0 Å². The average molecular weight is 389 g/mol. The first-order valence-corrected chi connectivity index (χ1v) is 10.4. The number of fused-ring (bicyclic) bond motifs is 1. The number of benzene rings is 1. The Morgan fingerprint density at radius 2 is 2.26 bits per heavy atom. The molecule has 0 amide bonds. The van der Waals surface area contributed by atoms with Crippen molar-refractivity contribution in [1.29, 1.82) is 0 Å². The first kappa shape index (κ1) is 14.9. The molecule has 102 valence electrons. The lowest BCUT2D eigenvalue weighted by atomic mass is 10.1. The Balaban J connectivity index is 2.19. The topological polar surface area (TPSA) is 31.2 Å². The van der Waals surface area contributed by atoms with Gasteiger partial charge in [0.05, 0.1) is 13.1 Å². The zero-order valence-electron chi connectivity index (χ0n) is 10.9. The zero-order chi connectivity index (χ0) is 13.7. The normalized spacial score (nSPS) is 11.7. The number of carbonyl (C=O) groups excluding carboxylic acids is 1. The lowest BCUT2D eigenvalue weighted by Crippen LogP contribution is -2.01. The van der Waals surface area contributed by atoms with Gasteiger partial charge in [0.2, 0.25) is 0 Å². The number of aromatic nitrogens is 1. The second kappa shape index (κ2) is 7.36. The van der Waals surface area contributed by atoms with Crippen LogP contribution in [0.25, 0.3) is 10.9 Å². The first-order chi connectivity index (χ1) is 9.26. The van der Waals surface area contributed by atoms with Gasteiger partial charge in [-0.05, 0) is 52.7 Å². The van der Waals surface area contributed by atoms with Crippen molar-refractivity contribution in [3.8, 4) is 0 Å². The van der Waals surface area contributed by atoms with Crippen molar-refractivity contribution in [3.05, 3.63) is 36.0 Å². The largest absolute Gasteiger partial charge is 0.350 e. The molecule has 0 saturated heterocycles. The molecule has 5 heteroatoms. The molecule has 0 bridgehead atoms. The quantitative estimate of drug-likeness (QED) is 0.300. The number of nitrogens with zero attached hydrogens (tertiary/aromatic N) is 1. The highest BCUT2D eigenvalue weighted by atomic mass is 127. The Hall–Kier alpha value is -0.450. The minimum absolute atomic E-state index is 0.228. The Morgan fingerprint density at radius 1 is 1.42 bits per heavy atom. The third-order valence-electron chi connectivity index (χ3n) is 3.06. The van der Waals surface area contributed by atoms with Crippen LogP contribution in [0.4, 0.5) is 0 Å². The molecule has 0 saturated carbocycles. The SMILES string of the molecule is CCCC(=O)c1ccc2c(ccn2CCOPI)c1. The maximum atomic E-state index is 11.9. The molecular weight excluding hydrogens is 372 g/mol. The van der Waals surface area contributed by atoms with E-state index in [0.29, 0.717) is 12.9 Å². The highest BCUT2D eigenvalue weighted by molar-refractivity contribution is 14.2. The number of Topliss-reactive ketones (excluding diaryl/α,β-unsaturated/α-hetero) is 1. The van der Waals surface area contributed by atoms with Crippen LogP contribution in [0.5, 0.6) is 0 Å². The Bertz CT molecular complexity index is 568. The molecule has 1 heterocycles. The van der Waals surface area contributed by atoms with Crippen LogP contribution >= 0.6 is 28.5 Å². The van der Waals surface area contributed by atoms with Gasteiger partial charge in [-0.1, -0.05) is 6.92 Å². The van der Waals surface area contributed by atoms with Crippen molar-refractivity contribution >= 4 is 45.2 Å². The molecule has 0 N–H and O–H groups in total. The van der Waals surface area contributed by atoms with E-state index in [1.807, 2.05) is 25.1 Å². The first-order valence-electron chi connectivity index (χ1n) is 6.35. The molecule has 1 aromatic carbocycles. The number of ketones is 1. The molecule has 2 aromatic rings. The third kappa shape index (κ3) is 3.77. The highest BCUT2D eigenvalue weighted by Gasteiger charge is 2.07. The van der Waals surface area contributed by atoms with Crippen molar-refractivity contribution in [2.24, 2.45) is 0 Å². The molecule has 0 aliphatic carbocycles. The Kier molecular flexibility index (Phi) is 5.79. The van der Waals surface area contributed by atoms with Crippen LogP contribution in [0, 0.1) is 0 Å². The van der Waals surface area contributed by atoms with Gasteiger partial charge in [-0.15, -0.1) is 0 Å². The van der Waals surface area contributed by atoms with Crippen molar-refractivity contribution in [2.75, 3.05) is 6.61 Å². The summed E-state index contributed by atoms with van der Waals surface area (Å²) in [6.07, 6.45) is 3.57. The van der Waals surface area contributed by atoms with Gasteiger partial charge >= 0.3 is 0 Å². The van der Waals surface area contributed by atoms with Gasteiger partial charge in [0.25, 0.3) is 0 Å². The van der Waals surface area contributed by atoms with E-state index < -0.39 is 0 Å². The van der Waals surface area contributed by atoms with Crippen LogP contribution in [0.1, 0.15) is 30.1 Å². The summed E-state index contributed by atoms with van der Waals surface area (Å²) in [4.78, 5) is 11.9. The van der Waals surface area contributed by atoms with Crippen LogP contribution in [0.3, 0.4) is 0 Å². The molecule has 0 fully saturated rings. The second-order valence-electron chi connectivity index (χ2n) is 4.38. The summed E-state index contributed by atoms with van der Waals surface area (Å²) in [6, 6.07) is 8.01. The van der Waals surface area contributed by atoms with Gasteiger partial charge in [-0.25, -0.2) is 0 Å².